The molecule has 0 saturated carbocycles. The Bertz CT molecular complexity index is 525. The van der Waals surface area contributed by atoms with E-state index >= 15 is 0 Å². The monoisotopic (exact) mass is 279 g/mol. The van der Waals surface area contributed by atoms with Crippen LogP contribution in [0.4, 0.5) is 0 Å². The van der Waals surface area contributed by atoms with Gasteiger partial charge in [0.15, 0.2) is 0 Å². The lowest BCUT2D eigenvalue weighted by atomic mass is 10.1. The van der Waals surface area contributed by atoms with Crippen LogP contribution < -0.4 is 5.32 Å². The Kier molecular flexibility index (Phi) is 4.37. The SMILES string of the molecule is CCc1ccc(-c2nnc(CCNC(C)(C)C)o2)s1. The molecular formula is C14H21N3OS. The number of hydrogen-bond acceptors (Lipinski definition) is 5. The van der Waals surface area contributed by atoms with Gasteiger partial charge < -0.3 is 9.73 Å². The largest absolute Gasteiger partial charge is 0.420 e. The van der Waals surface area contributed by atoms with Crippen molar-refractivity contribution in [1.29, 1.82) is 0 Å². The minimum Gasteiger partial charge on any atom is -0.420 e. The van der Waals surface area contributed by atoms with Crippen molar-refractivity contribution in [2.75, 3.05) is 6.54 Å². The van der Waals surface area contributed by atoms with Crippen LogP contribution in [0.3, 0.4) is 0 Å². The highest BCUT2D eigenvalue weighted by molar-refractivity contribution is 7.15. The Morgan fingerprint density at radius 3 is 2.68 bits per heavy atom. The molecule has 0 fully saturated rings. The summed E-state index contributed by atoms with van der Waals surface area (Å²) in [6, 6.07) is 4.17. The van der Waals surface area contributed by atoms with Crippen LogP contribution in [0.5, 0.6) is 0 Å². The Morgan fingerprint density at radius 1 is 1.26 bits per heavy atom. The van der Waals surface area contributed by atoms with E-state index < -0.39 is 0 Å². The zero-order chi connectivity index (χ0) is 13.9. The number of nitrogens with zero attached hydrogens (tertiary/aromatic N) is 2. The molecule has 0 atom stereocenters. The second kappa shape index (κ2) is 5.84. The van der Waals surface area contributed by atoms with Gasteiger partial charge in [0.25, 0.3) is 5.89 Å². The maximum absolute atomic E-state index is 5.69. The van der Waals surface area contributed by atoms with E-state index in [9.17, 15) is 0 Å². The lowest BCUT2D eigenvalue weighted by Gasteiger charge is -2.19. The Hall–Kier alpha value is -1.20. The zero-order valence-electron chi connectivity index (χ0n) is 12.0. The summed E-state index contributed by atoms with van der Waals surface area (Å²) in [6.45, 7) is 9.42. The van der Waals surface area contributed by atoms with Gasteiger partial charge in [-0.05, 0) is 39.3 Å². The predicted molar refractivity (Wildman–Crippen MR) is 78.4 cm³/mol. The molecule has 19 heavy (non-hydrogen) atoms. The van der Waals surface area contributed by atoms with Crippen LogP contribution >= 0.6 is 11.3 Å². The Labute approximate surface area is 118 Å². The topological polar surface area (TPSA) is 51.0 Å². The van der Waals surface area contributed by atoms with E-state index in [-0.39, 0.29) is 5.54 Å². The number of hydrogen-bond donors (Lipinski definition) is 1. The summed E-state index contributed by atoms with van der Waals surface area (Å²) >= 11 is 1.72. The van der Waals surface area contributed by atoms with Crippen molar-refractivity contribution >= 4 is 11.3 Å². The minimum atomic E-state index is 0.118. The number of nitrogens with one attached hydrogen (secondary N) is 1. The van der Waals surface area contributed by atoms with Gasteiger partial charge in [-0.1, -0.05) is 6.92 Å². The summed E-state index contributed by atoms with van der Waals surface area (Å²) in [5, 5.41) is 11.6. The maximum atomic E-state index is 5.69. The van der Waals surface area contributed by atoms with E-state index in [1.54, 1.807) is 11.3 Å². The van der Waals surface area contributed by atoms with E-state index in [1.165, 1.54) is 4.88 Å². The van der Waals surface area contributed by atoms with Gasteiger partial charge in [-0.25, -0.2) is 0 Å². The van der Waals surface area contributed by atoms with Crippen LogP contribution in [0.15, 0.2) is 16.5 Å². The molecule has 0 aliphatic rings. The normalized spacial score (nSPS) is 12.0. The zero-order valence-corrected chi connectivity index (χ0v) is 12.8. The van der Waals surface area contributed by atoms with E-state index in [0.717, 1.165) is 24.3 Å². The van der Waals surface area contributed by atoms with E-state index in [1.807, 2.05) is 6.07 Å². The van der Waals surface area contributed by atoms with Crippen molar-refractivity contribution < 1.29 is 4.42 Å². The molecule has 0 amide bonds. The van der Waals surface area contributed by atoms with Gasteiger partial charge in [-0.15, -0.1) is 21.5 Å². The molecule has 0 saturated heterocycles. The molecule has 2 heterocycles. The lowest BCUT2D eigenvalue weighted by Crippen LogP contribution is -2.37. The molecule has 1 N–H and O–H groups in total. The molecule has 2 aromatic heterocycles. The number of thiophene rings is 1. The molecule has 4 nitrogen and oxygen atoms in total. The summed E-state index contributed by atoms with van der Waals surface area (Å²) in [7, 11) is 0. The molecule has 0 radical (unpaired) electrons. The third-order valence-electron chi connectivity index (χ3n) is 2.68. The molecule has 2 rings (SSSR count). The molecule has 2 aromatic rings. The van der Waals surface area contributed by atoms with E-state index in [0.29, 0.717) is 11.8 Å². The third-order valence-corrected chi connectivity index (χ3v) is 3.90. The first-order chi connectivity index (χ1) is 8.98. The van der Waals surface area contributed by atoms with E-state index in [2.05, 4.69) is 49.3 Å². The highest BCUT2D eigenvalue weighted by Gasteiger charge is 2.12. The lowest BCUT2D eigenvalue weighted by molar-refractivity contribution is 0.412. The summed E-state index contributed by atoms with van der Waals surface area (Å²) in [6.07, 6.45) is 1.80. The van der Waals surface area contributed by atoms with Crippen molar-refractivity contribution in [3.8, 4) is 10.8 Å². The van der Waals surface area contributed by atoms with Gasteiger partial charge in [-0.2, -0.15) is 0 Å². The fourth-order valence-electron chi connectivity index (χ4n) is 1.68. The van der Waals surface area contributed by atoms with Gasteiger partial charge in [0.05, 0.1) is 4.88 Å². The quantitative estimate of drug-likeness (QED) is 0.912. The summed E-state index contributed by atoms with van der Waals surface area (Å²) in [4.78, 5) is 2.39. The van der Waals surface area contributed by atoms with Crippen molar-refractivity contribution in [1.82, 2.24) is 15.5 Å². The van der Waals surface area contributed by atoms with Crippen LogP contribution in [0.1, 0.15) is 38.5 Å². The van der Waals surface area contributed by atoms with Crippen LogP contribution in [0.25, 0.3) is 10.8 Å². The number of rotatable bonds is 5. The summed E-state index contributed by atoms with van der Waals surface area (Å²) < 4.78 is 5.69. The average molecular weight is 279 g/mol. The van der Waals surface area contributed by atoms with Crippen LogP contribution in [-0.2, 0) is 12.8 Å². The summed E-state index contributed by atoms with van der Waals surface area (Å²) in [5.41, 5.74) is 0.118. The molecule has 0 unspecified atom stereocenters. The molecule has 104 valence electrons. The van der Waals surface area contributed by atoms with Gasteiger partial charge in [-0.3, -0.25) is 0 Å². The van der Waals surface area contributed by atoms with E-state index in [4.69, 9.17) is 4.42 Å². The first-order valence-corrected chi connectivity index (χ1v) is 7.46. The molecule has 0 bridgehead atoms. The van der Waals surface area contributed by atoms with Gasteiger partial charge in [0.2, 0.25) is 5.89 Å². The molecule has 5 heteroatoms. The highest BCUT2D eigenvalue weighted by atomic mass is 32.1. The Morgan fingerprint density at radius 2 is 2.05 bits per heavy atom. The van der Waals surface area contributed by atoms with Crippen molar-refractivity contribution in [3.63, 3.8) is 0 Å². The molecule has 0 aromatic carbocycles. The van der Waals surface area contributed by atoms with Crippen LogP contribution in [-0.4, -0.2) is 22.3 Å². The fourth-order valence-corrected chi connectivity index (χ4v) is 2.55. The number of aryl methyl sites for hydroxylation is 1. The second-order valence-electron chi connectivity index (χ2n) is 5.55. The van der Waals surface area contributed by atoms with Crippen LogP contribution in [0, 0.1) is 0 Å². The average Bonchev–Trinajstić information content (AvgIpc) is 2.94. The van der Waals surface area contributed by atoms with Crippen molar-refractivity contribution in [2.45, 2.75) is 46.1 Å². The standard InChI is InChI=1S/C14H21N3OS/c1-5-10-6-7-11(19-10)13-17-16-12(18-13)8-9-15-14(2,3)4/h6-7,15H,5,8-9H2,1-4H3. The van der Waals surface area contributed by atoms with Gasteiger partial charge in [0, 0.05) is 23.4 Å². The smallest absolute Gasteiger partial charge is 0.257 e. The predicted octanol–water partition coefficient (Wildman–Crippen LogP) is 3.29. The van der Waals surface area contributed by atoms with Crippen molar-refractivity contribution in [2.24, 2.45) is 0 Å². The fraction of sp³-hybridized carbons (Fsp3) is 0.571. The first kappa shape index (κ1) is 14.2. The van der Waals surface area contributed by atoms with Crippen LogP contribution in [0.2, 0.25) is 0 Å². The van der Waals surface area contributed by atoms with Gasteiger partial charge >= 0.3 is 0 Å². The maximum Gasteiger partial charge on any atom is 0.257 e. The minimum absolute atomic E-state index is 0.118. The highest BCUT2D eigenvalue weighted by Crippen LogP contribution is 2.27. The molecule has 0 aliphatic heterocycles. The molecule has 0 aliphatic carbocycles. The van der Waals surface area contributed by atoms with Gasteiger partial charge in [0.1, 0.15) is 0 Å². The molecule has 0 spiro atoms. The second-order valence-corrected chi connectivity index (χ2v) is 6.72. The Balaban J connectivity index is 1.95. The first-order valence-electron chi connectivity index (χ1n) is 6.64. The van der Waals surface area contributed by atoms with Crippen molar-refractivity contribution in [3.05, 3.63) is 22.9 Å². The summed E-state index contributed by atoms with van der Waals surface area (Å²) in [5.74, 6) is 1.33. The number of aromatic nitrogens is 2. The molecular weight excluding hydrogens is 258 g/mol. The third kappa shape index (κ3) is 4.14.